The molecule has 1 unspecified atom stereocenters. The Morgan fingerprint density at radius 3 is 2.72 bits per heavy atom. The summed E-state index contributed by atoms with van der Waals surface area (Å²) in [6.45, 7) is 1.83. The third-order valence-corrected chi connectivity index (χ3v) is 2.14. The van der Waals surface area contributed by atoms with Crippen LogP contribution < -0.4 is 4.74 Å². The van der Waals surface area contributed by atoms with Crippen LogP contribution in [0.3, 0.4) is 0 Å². The topological polar surface area (TPSA) is 98.9 Å². The van der Waals surface area contributed by atoms with Crippen molar-refractivity contribution in [2.45, 2.75) is 13.0 Å². The summed E-state index contributed by atoms with van der Waals surface area (Å²) in [6, 6.07) is 3.75. The summed E-state index contributed by atoms with van der Waals surface area (Å²) in [5.74, 6) is -1.53. The first-order valence-corrected chi connectivity index (χ1v) is 5.13. The van der Waals surface area contributed by atoms with Crippen LogP contribution in [0.1, 0.15) is 17.3 Å². The Labute approximate surface area is 103 Å². The average molecular weight is 255 g/mol. The Bertz CT molecular complexity index is 427. The molecule has 0 amide bonds. The highest BCUT2D eigenvalue weighted by Gasteiger charge is 2.24. The molecule has 0 spiro atoms. The normalized spacial score (nSPS) is 11.9. The SMILES string of the molecule is COCC(C)Oc1c(C(=O)O)cccc1[N+](=O)[O-]. The van der Waals surface area contributed by atoms with E-state index in [0.717, 1.165) is 0 Å². The van der Waals surface area contributed by atoms with Gasteiger partial charge in [-0.05, 0) is 13.0 Å². The molecule has 0 heterocycles. The zero-order valence-electron chi connectivity index (χ0n) is 9.95. The number of hydrogen-bond donors (Lipinski definition) is 1. The summed E-state index contributed by atoms with van der Waals surface area (Å²) in [5.41, 5.74) is -0.620. The summed E-state index contributed by atoms with van der Waals surface area (Å²) in [7, 11) is 1.46. The van der Waals surface area contributed by atoms with Crippen molar-refractivity contribution >= 4 is 11.7 Å². The van der Waals surface area contributed by atoms with Gasteiger partial charge in [0, 0.05) is 13.2 Å². The van der Waals surface area contributed by atoms with E-state index in [2.05, 4.69) is 0 Å². The smallest absolute Gasteiger partial charge is 0.339 e. The highest BCUT2D eigenvalue weighted by molar-refractivity contribution is 5.92. The van der Waals surface area contributed by atoms with E-state index < -0.39 is 17.0 Å². The number of ether oxygens (including phenoxy) is 2. The number of para-hydroxylation sites is 1. The summed E-state index contributed by atoms with van der Waals surface area (Å²) in [6.07, 6.45) is -0.491. The molecule has 1 aromatic rings. The van der Waals surface area contributed by atoms with Gasteiger partial charge in [0.2, 0.25) is 5.75 Å². The molecular formula is C11H13NO6. The molecule has 0 fully saturated rings. The molecule has 1 rings (SSSR count). The molecule has 0 radical (unpaired) electrons. The summed E-state index contributed by atoms with van der Waals surface area (Å²) >= 11 is 0. The first-order valence-electron chi connectivity index (χ1n) is 5.13. The lowest BCUT2D eigenvalue weighted by atomic mass is 10.1. The number of nitro benzene ring substituents is 1. The minimum atomic E-state index is -1.28. The maximum absolute atomic E-state index is 11.0. The Hall–Kier alpha value is -2.15. The molecule has 18 heavy (non-hydrogen) atoms. The van der Waals surface area contributed by atoms with Gasteiger partial charge in [-0.15, -0.1) is 0 Å². The van der Waals surface area contributed by atoms with Crippen LogP contribution in [0.15, 0.2) is 18.2 Å². The number of methoxy groups -OCH3 is 1. The molecule has 0 aliphatic carbocycles. The molecular weight excluding hydrogens is 242 g/mol. The molecule has 0 aliphatic heterocycles. The standard InChI is InChI=1S/C11H13NO6/c1-7(6-17-2)18-10-8(11(13)14)4-3-5-9(10)12(15)16/h3-5,7H,6H2,1-2H3,(H,13,14). The number of carboxylic acids is 1. The van der Waals surface area contributed by atoms with E-state index in [1.807, 2.05) is 0 Å². The summed E-state index contributed by atoms with van der Waals surface area (Å²) < 4.78 is 10.1. The van der Waals surface area contributed by atoms with Crippen LogP contribution in [-0.2, 0) is 4.74 Å². The van der Waals surface area contributed by atoms with E-state index in [0.29, 0.717) is 0 Å². The summed E-state index contributed by atoms with van der Waals surface area (Å²) in [4.78, 5) is 21.2. The largest absolute Gasteiger partial charge is 0.481 e. The maximum atomic E-state index is 11.0. The second-order valence-electron chi connectivity index (χ2n) is 3.60. The molecule has 1 aromatic carbocycles. The molecule has 1 atom stereocenters. The van der Waals surface area contributed by atoms with Crippen molar-refractivity contribution in [1.29, 1.82) is 0 Å². The molecule has 7 heteroatoms. The lowest BCUT2D eigenvalue weighted by molar-refractivity contribution is -0.386. The average Bonchev–Trinajstić information content (AvgIpc) is 2.28. The van der Waals surface area contributed by atoms with Crippen molar-refractivity contribution < 1.29 is 24.3 Å². The van der Waals surface area contributed by atoms with Crippen LogP contribution >= 0.6 is 0 Å². The Morgan fingerprint density at radius 2 is 2.22 bits per heavy atom. The zero-order valence-corrected chi connectivity index (χ0v) is 9.95. The van der Waals surface area contributed by atoms with E-state index in [1.54, 1.807) is 6.92 Å². The van der Waals surface area contributed by atoms with Crippen LogP contribution in [0.4, 0.5) is 5.69 Å². The third kappa shape index (κ3) is 3.17. The molecule has 0 saturated carbocycles. The van der Waals surface area contributed by atoms with E-state index in [9.17, 15) is 14.9 Å². The predicted octanol–water partition coefficient (Wildman–Crippen LogP) is 1.71. The molecule has 0 bridgehead atoms. The fraction of sp³-hybridized carbons (Fsp3) is 0.364. The van der Waals surface area contributed by atoms with Gasteiger partial charge in [0.15, 0.2) is 0 Å². The number of carbonyl (C=O) groups is 1. The fourth-order valence-electron chi connectivity index (χ4n) is 1.43. The Kier molecular flexibility index (Phi) is 4.61. The Balaban J connectivity index is 3.18. The van der Waals surface area contributed by atoms with E-state index in [4.69, 9.17) is 14.6 Å². The maximum Gasteiger partial charge on any atom is 0.339 e. The minimum Gasteiger partial charge on any atom is -0.481 e. The number of benzene rings is 1. The van der Waals surface area contributed by atoms with E-state index in [1.165, 1.54) is 25.3 Å². The molecule has 0 aromatic heterocycles. The number of nitrogens with zero attached hydrogens (tertiary/aromatic N) is 1. The van der Waals surface area contributed by atoms with Gasteiger partial charge < -0.3 is 14.6 Å². The van der Waals surface area contributed by atoms with Gasteiger partial charge >= 0.3 is 11.7 Å². The van der Waals surface area contributed by atoms with Gasteiger partial charge in [0.1, 0.15) is 11.7 Å². The van der Waals surface area contributed by atoms with Crippen LogP contribution in [0, 0.1) is 10.1 Å². The van der Waals surface area contributed by atoms with Gasteiger partial charge in [0.05, 0.1) is 11.5 Å². The number of hydrogen-bond acceptors (Lipinski definition) is 5. The second-order valence-corrected chi connectivity index (χ2v) is 3.60. The van der Waals surface area contributed by atoms with Crippen LogP contribution in [0.5, 0.6) is 5.75 Å². The first-order chi connectivity index (χ1) is 8.47. The fourth-order valence-corrected chi connectivity index (χ4v) is 1.43. The van der Waals surface area contributed by atoms with Crippen LogP contribution in [0.2, 0.25) is 0 Å². The highest BCUT2D eigenvalue weighted by atomic mass is 16.6. The number of aromatic carboxylic acids is 1. The van der Waals surface area contributed by atoms with Crippen LogP contribution in [-0.4, -0.2) is 35.8 Å². The monoisotopic (exact) mass is 255 g/mol. The van der Waals surface area contributed by atoms with E-state index in [-0.39, 0.29) is 23.6 Å². The van der Waals surface area contributed by atoms with Gasteiger partial charge in [-0.1, -0.05) is 6.07 Å². The molecule has 0 saturated heterocycles. The van der Waals surface area contributed by atoms with Crippen molar-refractivity contribution in [3.8, 4) is 5.75 Å². The van der Waals surface area contributed by atoms with Gasteiger partial charge in [0.25, 0.3) is 0 Å². The Morgan fingerprint density at radius 1 is 1.56 bits per heavy atom. The molecule has 1 N–H and O–H groups in total. The molecule has 0 aliphatic rings. The highest BCUT2D eigenvalue weighted by Crippen LogP contribution is 2.31. The lowest BCUT2D eigenvalue weighted by Crippen LogP contribution is -2.20. The van der Waals surface area contributed by atoms with Gasteiger partial charge in [-0.25, -0.2) is 4.79 Å². The van der Waals surface area contributed by atoms with Crippen LogP contribution in [0.25, 0.3) is 0 Å². The van der Waals surface area contributed by atoms with Crippen molar-refractivity contribution in [2.24, 2.45) is 0 Å². The van der Waals surface area contributed by atoms with E-state index >= 15 is 0 Å². The first kappa shape index (κ1) is 13.9. The zero-order chi connectivity index (χ0) is 13.7. The van der Waals surface area contributed by atoms with Crippen molar-refractivity contribution in [3.63, 3.8) is 0 Å². The molecule has 7 nitrogen and oxygen atoms in total. The van der Waals surface area contributed by atoms with Gasteiger partial charge in [-0.3, -0.25) is 10.1 Å². The molecule has 98 valence electrons. The van der Waals surface area contributed by atoms with Gasteiger partial charge in [-0.2, -0.15) is 0 Å². The minimum absolute atomic E-state index is 0.200. The lowest BCUT2D eigenvalue weighted by Gasteiger charge is -2.15. The van der Waals surface area contributed by atoms with Crippen molar-refractivity contribution in [1.82, 2.24) is 0 Å². The van der Waals surface area contributed by atoms with Crippen molar-refractivity contribution in [3.05, 3.63) is 33.9 Å². The third-order valence-electron chi connectivity index (χ3n) is 2.14. The second kappa shape index (κ2) is 5.97. The summed E-state index contributed by atoms with van der Waals surface area (Å²) in [5, 5.41) is 19.8. The quantitative estimate of drug-likeness (QED) is 0.613. The number of carboxylic acid groups (broad SMARTS) is 1. The number of rotatable bonds is 6. The predicted molar refractivity (Wildman–Crippen MR) is 62.0 cm³/mol. The van der Waals surface area contributed by atoms with Crippen molar-refractivity contribution in [2.75, 3.05) is 13.7 Å². The number of nitro groups is 1.